The van der Waals surface area contributed by atoms with Crippen molar-refractivity contribution in [1.82, 2.24) is 21.3 Å². The minimum absolute atomic E-state index is 0.162. The number of carbonyl (C=O) groups is 3. The molecule has 0 radical (unpaired) electrons. The third kappa shape index (κ3) is 5.62. The molecular formula is C11H22N4O3. The molecule has 104 valence electrons. The summed E-state index contributed by atoms with van der Waals surface area (Å²) in [5.41, 5.74) is 0. The Bertz CT molecular complexity index is 307. The van der Waals surface area contributed by atoms with E-state index in [1.165, 1.54) is 7.05 Å². The number of nitrogens with one attached hydrogen (secondary N) is 4. The van der Waals surface area contributed by atoms with E-state index in [4.69, 9.17) is 0 Å². The molecule has 0 aromatic carbocycles. The highest BCUT2D eigenvalue weighted by atomic mass is 16.2. The molecule has 7 nitrogen and oxygen atoms in total. The summed E-state index contributed by atoms with van der Waals surface area (Å²) in [5, 5.41) is 10.3. The second-order valence-electron chi connectivity index (χ2n) is 3.90. The van der Waals surface area contributed by atoms with E-state index in [0.717, 1.165) is 0 Å². The zero-order chi connectivity index (χ0) is 14.1. The molecule has 0 heterocycles. The lowest BCUT2D eigenvalue weighted by molar-refractivity contribution is -0.128. The number of likely N-dealkylation sites (N-methyl/N-ethyl adjacent to an activating group) is 3. The molecule has 7 heteroatoms. The third-order valence-electron chi connectivity index (χ3n) is 2.59. The minimum Gasteiger partial charge on any atom is -0.358 e. The van der Waals surface area contributed by atoms with Crippen molar-refractivity contribution < 1.29 is 14.4 Å². The summed E-state index contributed by atoms with van der Waals surface area (Å²) in [5.74, 6) is -0.667. The zero-order valence-corrected chi connectivity index (χ0v) is 11.3. The van der Waals surface area contributed by atoms with Gasteiger partial charge in [-0.2, -0.15) is 0 Å². The van der Waals surface area contributed by atoms with Gasteiger partial charge >= 0.3 is 0 Å². The van der Waals surface area contributed by atoms with Gasteiger partial charge in [-0.3, -0.25) is 14.4 Å². The Morgan fingerprint density at radius 1 is 1.00 bits per heavy atom. The van der Waals surface area contributed by atoms with E-state index in [1.807, 2.05) is 0 Å². The van der Waals surface area contributed by atoms with Crippen molar-refractivity contribution in [3.05, 3.63) is 0 Å². The summed E-state index contributed by atoms with van der Waals surface area (Å²) < 4.78 is 0. The van der Waals surface area contributed by atoms with Crippen LogP contribution in [-0.4, -0.2) is 50.9 Å². The molecule has 0 aliphatic rings. The van der Waals surface area contributed by atoms with Gasteiger partial charge in [0.25, 0.3) is 0 Å². The zero-order valence-electron chi connectivity index (χ0n) is 11.3. The first-order valence-corrected chi connectivity index (χ1v) is 5.86. The van der Waals surface area contributed by atoms with E-state index in [9.17, 15) is 14.4 Å². The van der Waals surface area contributed by atoms with Crippen molar-refractivity contribution in [1.29, 1.82) is 0 Å². The van der Waals surface area contributed by atoms with E-state index < -0.39 is 12.1 Å². The van der Waals surface area contributed by atoms with Crippen molar-refractivity contribution in [2.45, 2.75) is 31.8 Å². The van der Waals surface area contributed by atoms with Crippen LogP contribution in [0.4, 0.5) is 0 Å². The van der Waals surface area contributed by atoms with Crippen LogP contribution in [0.1, 0.15) is 19.8 Å². The maximum Gasteiger partial charge on any atom is 0.242 e. The van der Waals surface area contributed by atoms with Crippen LogP contribution in [0.5, 0.6) is 0 Å². The Morgan fingerprint density at radius 2 is 1.56 bits per heavy atom. The molecule has 0 unspecified atom stereocenters. The number of rotatable bonds is 7. The summed E-state index contributed by atoms with van der Waals surface area (Å²) >= 11 is 0. The summed E-state index contributed by atoms with van der Waals surface area (Å²) in [6, 6.07) is -0.980. The van der Waals surface area contributed by atoms with Gasteiger partial charge in [-0.1, -0.05) is 0 Å². The molecule has 18 heavy (non-hydrogen) atoms. The summed E-state index contributed by atoms with van der Waals surface area (Å²) in [6.07, 6.45) is 0.558. The van der Waals surface area contributed by atoms with E-state index in [1.54, 1.807) is 21.0 Å². The van der Waals surface area contributed by atoms with Crippen LogP contribution in [-0.2, 0) is 14.4 Å². The molecule has 0 fully saturated rings. The lowest BCUT2D eigenvalue weighted by atomic mass is 10.1. The van der Waals surface area contributed by atoms with Crippen LogP contribution in [0.25, 0.3) is 0 Å². The first-order chi connectivity index (χ1) is 8.46. The van der Waals surface area contributed by atoms with Gasteiger partial charge in [0, 0.05) is 20.5 Å². The van der Waals surface area contributed by atoms with Crippen LogP contribution < -0.4 is 21.3 Å². The Labute approximate surface area is 107 Å². The average molecular weight is 258 g/mol. The normalized spacial score (nSPS) is 13.3. The van der Waals surface area contributed by atoms with Crippen LogP contribution in [0.2, 0.25) is 0 Å². The molecule has 3 amide bonds. The molecule has 0 aliphatic heterocycles. The molecular weight excluding hydrogens is 236 g/mol. The second-order valence-corrected chi connectivity index (χ2v) is 3.90. The Kier molecular flexibility index (Phi) is 7.69. The van der Waals surface area contributed by atoms with E-state index in [2.05, 4.69) is 21.3 Å². The van der Waals surface area contributed by atoms with Crippen LogP contribution in [0.3, 0.4) is 0 Å². The number of hydrogen-bond donors (Lipinski definition) is 4. The standard InChI is InChI=1S/C11H22N4O3/c1-7(10(17)13-3)15-9(16)6-5-8(12-2)11(18)14-4/h7-8,12H,5-6H2,1-4H3,(H,13,17)(H,14,18)(H,15,16)/t7-,8-/m0/s1. The van der Waals surface area contributed by atoms with Crippen molar-refractivity contribution in [2.24, 2.45) is 0 Å². The molecule has 4 N–H and O–H groups in total. The molecule has 0 aliphatic carbocycles. The highest BCUT2D eigenvalue weighted by Crippen LogP contribution is 1.98. The maximum absolute atomic E-state index is 11.6. The average Bonchev–Trinajstić information content (AvgIpc) is 2.37. The molecule has 0 rings (SSSR count). The monoisotopic (exact) mass is 258 g/mol. The fourth-order valence-corrected chi connectivity index (χ4v) is 1.45. The molecule has 2 atom stereocenters. The molecule has 0 aromatic heterocycles. The van der Waals surface area contributed by atoms with Crippen molar-refractivity contribution in [2.75, 3.05) is 21.1 Å². The number of hydrogen-bond acceptors (Lipinski definition) is 4. The van der Waals surface area contributed by atoms with Gasteiger partial charge in [-0.25, -0.2) is 0 Å². The Hall–Kier alpha value is -1.63. The predicted octanol–water partition coefficient (Wildman–Crippen LogP) is -1.65. The molecule has 0 saturated heterocycles. The van der Waals surface area contributed by atoms with E-state index in [0.29, 0.717) is 6.42 Å². The number of carbonyl (C=O) groups excluding carboxylic acids is 3. The largest absolute Gasteiger partial charge is 0.358 e. The van der Waals surface area contributed by atoms with Crippen molar-refractivity contribution in [3.63, 3.8) is 0 Å². The van der Waals surface area contributed by atoms with Gasteiger partial charge in [-0.15, -0.1) is 0 Å². The molecule has 0 spiro atoms. The second kappa shape index (κ2) is 8.46. The van der Waals surface area contributed by atoms with Crippen molar-refractivity contribution in [3.8, 4) is 0 Å². The summed E-state index contributed by atoms with van der Waals surface area (Å²) in [6.45, 7) is 1.60. The van der Waals surface area contributed by atoms with Crippen LogP contribution >= 0.6 is 0 Å². The molecule has 0 bridgehead atoms. The first-order valence-electron chi connectivity index (χ1n) is 5.86. The van der Waals surface area contributed by atoms with Gasteiger partial charge in [-0.05, 0) is 20.4 Å². The summed E-state index contributed by atoms with van der Waals surface area (Å²) in [7, 11) is 4.71. The van der Waals surface area contributed by atoms with Gasteiger partial charge in [0.05, 0.1) is 6.04 Å². The smallest absolute Gasteiger partial charge is 0.242 e. The minimum atomic E-state index is -0.574. The highest BCUT2D eigenvalue weighted by Gasteiger charge is 2.18. The fraction of sp³-hybridized carbons (Fsp3) is 0.727. The topological polar surface area (TPSA) is 99.3 Å². The maximum atomic E-state index is 11.6. The quantitative estimate of drug-likeness (QED) is 0.440. The van der Waals surface area contributed by atoms with Gasteiger partial charge in [0.1, 0.15) is 6.04 Å². The van der Waals surface area contributed by atoms with Gasteiger partial charge in [0.2, 0.25) is 17.7 Å². The van der Waals surface area contributed by atoms with Crippen LogP contribution in [0.15, 0.2) is 0 Å². The predicted molar refractivity (Wildman–Crippen MR) is 67.8 cm³/mol. The van der Waals surface area contributed by atoms with Gasteiger partial charge < -0.3 is 21.3 Å². The van der Waals surface area contributed by atoms with E-state index in [-0.39, 0.29) is 24.1 Å². The van der Waals surface area contributed by atoms with Gasteiger partial charge in [0.15, 0.2) is 0 Å². The Morgan fingerprint density at radius 3 is 2.00 bits per heavy atom. The third-order valence-corrected chi connectivity index (χ3v) is 2.59. The highest BCUT2D eigenvalue weighted by molar-refractivity contribution is 5.87. The number of amides is 3. The van der Waals surface area contributed by atoms with Crippen molar-refractivity contribution >= 4 is 17.7 Å². The summed E-state index contributed by atoms with van der Waals surface area (Å²) in [4.78, 5) is 34.1. The SMILES string of the molecule is CNC(=O)[C@H](C)NC(=O)CC[C@H](NC)C(=O)NC. The lowest BCUT2D eigenvalue weighted by Gasteiger charge is -2.15. The van der Waals surface area contributed by atoms with Crippen LogP contribution in [0, 0.1) is 0 Å². The lowest BCUT2D eigenvalue weighted by Crippen LogP contribution is -2.45. The first kappa shape index (κ1) is 16.4. The fourth-order valence-electron chi connectivity index (χ4n) is 1.45. The van der Waals surface area contributed by atoms with E-state index >= 15 is 0 Å². The molecule has 0 saturated carbocycles. The molecule has 0 aromatic rings. The Balaban J connectivity index is 4.09.